The van der Waals surface area contributed by atoms with Crippen LogP contribution in [-0.2, 0) is 20.8 Å². The molecule has 0 spiro atoms. The van der Waals surface area contributed by atoms with Crippen LogP contribution in [0.3, 0.4) is 0 Å². The van der Waals surface area contributed by atoms with Crippen LogP contribution < -0.4 is 10.6 Å². The molecule has 0 aromatic heterocycles. The highest BCUT2D eigenvalue weighted by Gasteiger charge is 2.17. The van der Waals surface area contributed by atoms with E-state index in [2.05, 4.69) is 10.6 Å². The Morgan fingerprint density at radius 2 is 1.78 bits per heavy atom. The second kappa shape index (κ2) is 12.2. The summed E-state index contributed by atoms with van der Waals surface area (Å²) < 4.78 is 15.8. The lowest BCUT2D eigenvalue weighted by molar-refractivity contribution is 0.0452. The zero-order valence-electron chi connectivity index (χ0n) is 16.7. The van der Waals surface area contributed by atoms with Crippen LogP contribution in [0, 0.1) is 0 Å². The normalized spacial score (nSPS) is 12.1. The second-order valence-electron chi connectivity index (χ2n) is 7.32. The molecule has 0 saturated heterocycles. The van der Waals surface area contributed by atoms with E-state index in [1.165, 1.54) is 0 Å². The molecule has 0 saturated carbocycles. The molecule has 1 atom stereocenters. The monoisotopic (exact) mass is 380 g/mol. The molecule has 0 fully saturated rings. The van der Waals surface area contributed by atoms with E-state index in [4.69, 9.17) is 14.2 Å². The molecule has 1 rings (SSSR count). The van der Waals surface area contributed by atoms with E-state index in [1.807, 2.05) is 58.0 Å². The first-order valence-electron chi connectivity index (χ1n) is 9.28. The van der Waals surface area contributed by atoms with Gasteiger partial charge in [-0.15, -0.1) is 0 Å². The van der Waals surface area contributed by atoms with Gasteiger partial charge in [0, 0.05) is 13.2 Å². The average Bonchev–Trinajstić information content (AvgIpc) is 2.58. The summed E-state index contributed by atoms with van der Waals surface area (Å²) in [5.41, 5.74) is 0.440. The Morgan fingerprint density at radius 1 is 1.07 bits per heavy atom. The molecule has 0 bridgehead atoms. The molecule has 7 nitrogen and oxygen atoms in total. The van der Waals surface area contributed by atoms with E-state index in [1.54, 1.807) is 0 Å². The van der Waals surface area contributed by atoms with Crippen LogP contribution in [-0.4, -0.2) is 43.6 Å². The Balaban J connectivity index is 1.97. The SMILES string of the molecule is C[C@@H](COCCCCNC(=O)OCc1ccccc1)NC(=O)OC(C)(C)C. The summed E-state index contributed by atoms with van der Waals surface area (Å²) in [4.78, 5) is 23.2. The fourth-order valence-electron chi connectivity index (χ4n) is 2.10. The lowest BCUT2D eigenvalue weighted by Crippen LogP contribution is -2.39. The van der Waals surface area contributed by atoms with E-state index in [0.717, 1.165) is 18.4 Å². The summed E-state index contributed by atoms with van der Waals surface area (Å²) in [6.45, 7) is 9.07. The van der Waals surface area contributed by atoms with Crippen molar-refractivity contribution in [3.8, 4) is 0 Å². The molecule has 152 valence electrons. The van der Waals surface area contributed by atoms with Gasteiger partial charge in [0.15, 0.2) is 0 Å². The molecular formula is C20H32N2O5. The first-order chi connectivity index (χ1) is 12.8. The maximum atomic E-state index is 11.6. The predicted octanol–water partition coefficient (Wildman–Crippen LogP) is 3.62. The Labute approximate surface area is 161 Å². The van der Waals surface area contributed by atoms with Crippen LogP contribution in [0.2, 0.25) is 0 Å². The van der Waals surface area contributed by atoms with E-state index < -0.39 is 17.8 Å². The van der Waals surface area contributed by atoms with Crippen molar-refractivity contribution in [1.29, 1.82) is 0 Å². The van der Waals surface area contributed by atoms with E-state index >= 15 is 0 Å². The number of hydrogen-bond donors (Lipinski definition) is 2. The summed E-state index contributed by atoms with van der Waals surface area (Å²) in [6, 6.07) is 9.40. The van der Waals surface area contributed by atoms with Crippen LogP contribution in [0.4, 0.5) is 9.59 Å². The minimum absolute atomic E-state index is 0.133. The number of nitrogens with one attached hydrogen (secondary N) is 2. The van der Waals surface area contributed by atoms with Crippen molar-refractivity contribution in [3.05, 3.63) is 35.9 Å². The zero-order chi connectivity index (χ0) is 20.1. The Hall–Kier alpha value is -2.28. The number of rotatable bonds is 10. The molecule has 2 N–H and O–H groups in total. The van der Waals surface area contributed by atoms with Gasteiger partial charge < -0.3 is 24.8 Å². The molecular weight excluding hydrogens is 348 g/mol. The molecule has 2 amide bonds. The predicted molar refractivity (Wildman–Crippen MR) is 104 cm³/mol. The lowest BCUT2D eigenvalue weighted by atomic mass is 10.2. The molecule has 1 aromatic rings. The lowest BCUT2D eigenvalue weighted by Gasteiger charge is -2.21. The summed E-state index contributed by atoms with van der Waals surface area (Å²) >= 11 is 0. The van der Waals surface area contributed by atoms with Gasteiger partial charge in [-0.2, -0.15) is 0 Å². The Morgan fingerprint density at radius 3 is 2.44 bits per heavy atom. The maximum Gasteiger partial charge on any atom is 0.407 e. The zero-order valence-corrected chi connectivity index (χ0v) is 16.7. The van der Waals surface area contributed by atoms with E-state index in [-0.39, 0.29) is 12.6 Å². The molecule has 27 heavy (non-hydrogen) atoms. The molecule has 0 radical (unpaired) electrons. The highest BCUT2D eigenvalue weighted by Crippen LogP contribution is 2.06. The van der Waals surface area contributed by atoms with Crippen molar-refractivity contribution in [1.82, 2.24) is 10.6 Å². The number of amides is 2. The molecule has 0 heterocycles. The van der Waals surface area contributed by atoms with Crippen molar-refractivity contribution >= 4 is 12.2 Å². The summed E-state index contributed by atoms with van der Waals surface area (Å²) in [7, 11) is 0. The van der Waals surface area contributed by atoms with Gasteiger partial charge in [-0.3, -0.25) is 0 Å². The third kappa shape index (κ3) is 12.7. The molecule has 0 aliphatic rings. The van der Waals surface area contributed by atoms with Crippen molar-refractivity contribution in [3.63, 3.8) is 0 Å². The first-order valence-corrected chi connectivity index (χ1v) is 9.28. The number of alkyl carbamates (subject to hydrolysis) is 2. The molecule has 1 aromatic carbocycles. The van der Waals surface area contributed by atoms with Crippen LogP contribution in [0.15, 0.2) is 30.3 Å². The van der Waals surface area contributed by atoms with Gasteiger partial charge in [-0.1, -0.05) is 30.3 Å². The highest BCUT2D eigenvalue weighted by atomic mass is 16.6. The minimum atomic E-state index is -0.514. The minimum Gasteiger partial charge on any atom is -0.445 e. The smallest absolute Gasteiger partial charge is 0.407 e. The third-order valence-corrected chi connectivity index (χ3v) is 3.33. The van der Waals surface area contributed by atoms with Crippen LogP contribution in [0.1, 0.15) is 46.1 Å². The quantitative estimate of drug-likeness (QED) is 0.606. The second-order valence-corrected chi connectivity index (χ2v) is 7.32. The molecule has 0 unspecified atom stereocenters. The van der Waals surface area contributed by atoms with Crippen LogP contribution in [0.5, 0.6) is 0 Å². The van der Waals surface area contributed by atoms with Crippen molar-refractivity contribution in [2.24, 2.45) is 0 Å². The van der Waals surface area contributed by atoms with Gasteiger partial charge in [0.25, 0.3) is 0 Å². The Bertz CT molecular complexity index is 557. The number of carbonyl (C=O) groups is 2. The van der Waals surface area contributed by atoms with Crippen molar-refractivity contribution in [2.45, 2.75) is 58.8 Å². The maximum absolute atomic E-state index is 11.6. The topological polar surface area (TPSA) is 85.9 Å². The largest absolute Gasteiger partial charge is 0.445 e. The van der Waals surface area contributed by atoms with Crippen LogP contribution in [0.25, 0.3) is 0 Å². The van der Waals surface area contributed by atoms with Gasteiger partial charge >= 0.3 is 12.2 Å². The van der Waals surface area contributed by atoms with Gasteiger partial charge in [-0.25, -0.2) is 9.59 Å². The average molecular weight is 380 g/mol. The first kappa shape index (κ1) is 22.8. The van der Waals surface area contributed by atoms with E-state index in [9.17, 15) is 9.59 Å². The number of ether oxygens (including phenoxy) is 3. The fourth-order valence-corrected chi connectivity index (χ4v) is 2.10. The van der Waals surface area contributed by atoms with Crippen molar-refractivity contribution in [2.75, 3.05) is 19.8 Å². The number of carbonyl (C=O) groups excluding carboxylic acids is 2. The third-order valence-electron chi connectivity index (χ3n) is 3.33. The summed E-state index contributed by atoms with van der Waals surface area (Å²) in [6.07, 6.45) is 0.721. The number of benzene rings is 1. The number of hydrogen-bond acceptors (Lipinski definition) is 5. The van der Waals surface area contributed by atoms with Gasteiger partial charge in [0.05, 0.1) is 12.6 Å². The highest BCUT2D eigenvalue weighted by molar-refractivity contribution is 5.68. The number of unbranched alkanes of at least 4 members (excludes halogenated alkanes) is 1. The fraction of sp³-hybridized carbons (Fsp3) is 0.600. The van der Waals surface area contributed by atoms with E-state index in [0.29, 0.717) is 19.8 Å². The molecule has 7 heteroatoms. The Kier molecular flexibility index (Phi) is 10.3. The standard InChI is InChI=1S/C20H32N2O5/c1-16(22-19(24)27-20(2,3)4)14-25-13-9-8-12-21-18(23)26-15-17-10-6-5-7-11-17/h5-7,10-11,16H,8-9,12-15H2,1-4H3,(H,21,23)(H,22,24)/t16-/m0/s1. The molecule has 0 aliphatic heterocycles. The van der Waals surface area contributed by atoms with Gasteiger partial charge in [-0.05, 0) is 46.1 Å². The van der Waals surface area contributed by atoms with Crippen molar-refractivity contribution < 1.29 is 23.8 Å². The molecule has 0 aliphatic carbocycles. The van der Waals surface area contributed by atoms with Gasteiger partial charge in [0.1, 0.15) is 12.2 Å². The van der Waals surface area contributed by atoms with Gasteiger partial charge in [0.2, 0.25) is 0 Å². The summed E-state index contributed by atoms with van der Waals surface area (Å²) in [5, 5.41) is 5.43. The summed E-state index contributed by atoms with van der Waals surface area (Å²) in [5.74, 6) is 0. The van der Waals surface area contributed by atoms with Crippen LogP contribution >= 0.6 is 0 Å².